The number of carbonyl (C=O) groups is 1. The van der Waals surface area contributed by atoms with Crippen LogP contribution in [0.3, 0.4) is 0 Å². The lowest BCUT2D eigenvalue weighted by atomic mass is 10.2. The number of thiophene rings is 1. The summed E-state index contributed by atoms with van der Waals surface area (Å²) in [6.45, 7) is 0. The van der Waals surface area contributed by atoms with Gasteiger partial charge in [0.2, 0.25) is 0 Å². The third kappa shape index (κ3) is 2.31. The van der Waals surface area contributed by atoms with Gasteiger partial charge in [-0.3, -0.25) is 0 Å². The zero-order valence-corrected chi connectivity index (χ0v) is 8.11. The molecular formula is C7H7BrO2S. The third-order valence-corrected chi connectivity index (χ3v) is 2.61. The van der Waals surface area contributed by atoms with Gasteiger partial charge in [-0.05, 0) is 23.4 Å². The number of aromatic carboxylic acids is 1. The van der Waals surface area contributed by atoms with Gasteiger partial charge in [-0.25, -0.2) is 4.79 Å². The van der Waals surface area contributed by atoms with E-state index in [1.807, 2.05) is 5.38 Å². The van der Waals surface area contributed by atoms with E-state index in [1.165, 1.54) is 11.3 Å². The maximum atomic E-state index is 10.4. The molecule has 1 heterocycles. The molecule has 60 valence electrons. The van der Waals surface area contributed by atoms with E-state index in [9.17, 15) is 4.79 Å². The van der Waals surface area contributed by atoms with Gasteiger partial charge in [-0.1, -0.05) is 15.9 Å². The molecule has 1 aromatic rings. The smallest absolute Gasteiger partial charge is 0.345 e. The highest BCUT2D eigenvalue weighted by Gasteiger charge is 2.05. The second kappa shape index (κ2) is 3.88. The zero-order valence-electron chi connectivity index (χ0n) is 5.71. The van der Waals surface area contributed by atoms with Crippen LogP contribution in [0.5, 0.6) is 0 Å². The van der Waals surface area contributed by atoms with Crippen LogP contribution < -0.4 is 0 Å². The Hall–Kier alpha value is -0.350. The van der Waals surface area contributed by atoms with Gasteiger partial charge in [-0.2, -0.15) is 0 Å². The quantitative estimate of drug-likeness (QED) is 0.816. The van der Waals surface area contributed by atoms with Crippen molar-refractivity contribution in [3.8, 4) is 0 Å². The number of carboxylic acids is 1. The molecule has 0 atom stereocenters. The number of rotatable bonds is 3. The Kier molecular flexibility index (Phi) is 3.08. The molecule has 0 aromatic carbocycles. The van der Waals surface area contributed by atoms with E-state index >= 15 is 0 Å². The summed E-state index contributed by atoms with van der Waals surface area (Å²) in [6, 6.07) is 1.72. The summed E-state index contributed by atoms with van der Waals surface area (Å²) >= 11 is 4.57. The van der Waals surface area contributed by atoms with Crippen LogP contribution in [0.25, 0.3) is 0 Å². The van der Waals surface area contributed by atoms with E-state index in [4.69, 9.17) is 5.11 Å². The van der Waals surface area contributed by atoms with Crippen molar-refractivity contribution in [2.45, 2.75) is 6.42 Å². The predicted molar refractivity (Wildman–Crippen MR) is 48.8 cm³/mol. The fraction of sp³-hybridized carbons (Fsp3) is 0.286. The van der Waals surface area contributed by atoms with E-state index in [0.29, 0.717) is 4.88 Å². The van der Waals surface area contributed by atoms with Gasteiger partial charge < -0.3 is 5.11 Å². The summed E-state index contributed by atoms with van der Waals surface area (Å²) in [5, 5.41) is 11.3. The molecule has 0 fully saturated rings. The van der Waals surface area contributed by atoms with Crippen LogP contribution >= 0.6 is 27.3 Å². The van der Waals surface area contributed by atoms with Crippen molar-refractivity contribution in [3.05, 3.63) is 21.9 Å². The molecular weight excluding hydrogens is 228 g/mol. The van der Waals surface area contributed by atoms with Crippen LogP contribution in [-0.2, 0) is 6.42 Å². The summed E-state index contributed by atoms with van der Waals surface area (Å²) in [4.78, 5) is 10.8. The molecule has 0 aliphatic rings. The van der Waals surface area contributed by atoms with Gasteiger partial charge in [-0.15, -0.1) is 11.3 Å². The lowest BCUT2D eigenvalue weighted by molar-refractivity contribution is 0.0702. The van der Waals surface area contributed by atoms with Crippen molar-refractivity contribution >= 4 is 33.2 Å². The van der Waals surface area contributed by atoms with Crippen LogP contribution in [0.4, 0.5) is 0 Å². The maximum absolute atomic E-state index is 10.4. The summed E-state index contributed by atoms with van der Waals surface area (Å²) in [5.41, 5.74) is 1.09. The zero-order chi connectivity index (χ0) is 8.27. The molecule has 0 aliphatic heterocycles. The van der Waals surface area contributed by atoms with Gasteiger partial charge in [0.25, 0.3) is 0 Å². The fourth-order valence-electron chi connectivity index (χ4n) is 0.728. The van der Waals surface area contributed by atoms with E-state index in [2.05, 4.69) is 15.9 Å². The monoisotopic (exact) mass is 234 g/mol. The van der Waals surface area contributed by atoms with Crippen molar-refractivity contribution in [2.24, 2.45) is 0 Å². The van der Waals surface area contributed by atoms with Crippen molar-refractivity contribution in [2.75, 3.05) is 5.33 Å². The lowest BCUT2D eigenvalue weighted by Gasteiger charge is -1.86. The normalized spacial score (nSPS) is 9.91. The van der Waals surface area contributed by atoms with E-state index < -0.39 is 5.97 Å². The average Bonchev–Trinajstić information content (AvgIpc) is 2.37. The Labute approximate surface area is 77.0 Å². The van der Waals surface area contributed by atoms with Gasteiger partial charge in [0.1, 0.15) is 4.88 Å². The Morgan fingerprint density at radius 2 is 2.45 bits per heavy atom. The largest absolute Gasteiger partial charge is 0.477 e. The fourth-order valence-corrected chi connectivity index (χ4v) is 1.97. The van der Waals surface area contributed by atoms with E-state index in [1.54, 1.807) is 6.07 Å². The summed E-state index contributed by atoms with van der Waals surface area (Å²) in [5.74, 6) is -0.837. The first-order valence-corrected chi connectivity index (χ1v) is 5.11. The first kappa shape index (κ1) is 8.74. The van der Waals surface area contributed by atoms with E-state index in [-0.39, 0.29) is 0 Å². The Morgan fingerprint density at radius 1 is 1.73 bits per heavy atom. The third-order valence-electron chi connectivity index (χ3n) is 1.25. The topological polar surface area (TPSA) is 37.3 Å². The minimum Gasteiger partial charge on any atom is -0.477 e. The molecule has 1 rings (SSSR count). The van der Waals surface area contributed by atoms with Gasteiger partial charge >= 0.3 is 5.97 Å². The molecule has 1 aromatic heterocycles. The highest BCUT2D eigenvalue weighted by molar-refractivity contribution is 9.09. The van der Waals surface area contributed by atoms with Gasteiger partial charge in [0.05, 0.1) is 0 Å². The summed E-state index contributed by atoms with van der Waals surface area (Å²) in [6.07, 6.45) is 0.893. The van der Waals surface area contributed by atoms with Crippen molar-refractivity contribution in [1.29, 1.82) is 0 Å². The number of alkyl halides is 1. The minimum atomic E-state index is -0.837. The number of hydrogen-bond donors (Lipinski definition) is 1. The number of hydrogen-bond acceptors (Lipinski definition) is 2. The van der Waals surface area contributed by atoms with Crippen molar-refractivity contribution in [3.63, 3.8) is 0 Å². The second-order valence-electron chi connectivity index (χ2n) is 2.06. The molecule has 4 heteroatoms. The Morgan fingerprint density at radius 3 is 2.91 bits per heavy atom. The molecule has 11 heavy (non-hydrogen) atoms. The average molecular weight is 235 g/mol. The van der Waals surface area contributed by atoms with E-state index in [0.717, 1.165) is 17.3 Å². The van der Waals surface area contributed by atoms with Crippen molar-refractivity contribution < 1.29 is 9.90 Å². The number of halogens is 1. The first-order chi connectivity index (χ1) is 5.24. The molecule has 0 spiro atoms. The van der Waals surface area contributed by atoms with Crippen LogP contribution in [0.1, 0.15) is 15.2 Å². The number of carboxylic acid groups (broad SMARTS) is 1. The van der Waals surface area contributed by atoms with Crippen LogP contribution in [0.2, 0.25) is 0 Å². The molecule has 1 N–H and O–H groups in total. The predicted octanol–water partition coefficient (Wildman–Crippen LogP) is 2.38. The van der Waals surface area contributed by atoms with Crippen LogP contribution in [-0.4, -0.2) is 16.4 Å². The molecule has 0 amide bonds. The van der Waals surface area contributed by atoms with Gasteiger partial charge in [0.15, 0.2) is 0 Å². The maximum Gasteiger partial charge on any atom is 0.345 e. The first-order valence-electron chi connectivity index (χ1n) is 3.10. The summed E-state index contributed by atoms with van der Waals surface area (Å²) in [7, 11) is 0. The summed E-state index contributed by atoms with van der Waals surface area (Å²) < 4.78 is 0. The highest BCUT2D eigenvalue weighted by Crippen LogP contribution is 2.15. The molecule has 0 bridgehead atoms. The Balaban J connectivity index is 2.73. The second-order valence-corrected chi connectivity index (χ2v) is 3.77. The molecule has 0 aliphatic carbocycles. The minimum absolute atomic E-state index is 0.418. The van der Waals surface area contributed by atoms with Gasteiger partial charge in [0, 0.05) is 5.33 Å². The molecule has 0 saturated carbocycles. The van der Waals surface area contributed by atoms with Crippen LogP contribution in [0.15, 0.2) is 11.4 Å². The standard InChI is InChI=1S/C7H7BrO2S/c8-2-1-5-3-6(7(9)10)11-4-5/h3-4H,1-2H2,(H,9,10). The van der Waals surface area contributed by atoms with Crippen LogP contribution in [0, 0.1) is 0 Å². The van der Waals surface area contributed by atoms with Crippen molar-refractivity contribution in [1.82, 2.24) is 0 Å². The molecule has 0 unspecified atom stereocenters. The molecule has 0 saturated heterocycles. The Bertz CT molecular complexity index is 257. The SMILES string of the molecule is O=C(O)c1cc(CCBr)cs1. The lowest BCUT2D eigenvalue weighted by Crippen LogP contribution is -1.90. The number of aryl methyl sites for hydroxylation is 1. The highest BCUT2D eigenvalue weighted by atomic mass is 79.9. The molecule has 0 radical (unpaired) electrons. The molecule has 2 nitrogen and oxygen atoms in total.